The Morgan fingerprint density at radius 1 is 1.28 bits per heavy atom. The molecular weight excluding hydrogens is 346 g/mol. The van der Waals surface area contributed by atoms with Gasteiger partial charge in [-0.1, -0.05) is 25.3 Å². The second kappa shape index (κ2) is 6.34. The van der Waals surface area contributed by atoms with E-state index in [-0.39, 0.29) is 43.4 Å². The molecule has 1 aromatic rings. The molecule has 1 N–H and O–H groups in total. The van der Waals surface area contributed by atoms with E-state index in [1.807, 2.05) is 0 Å². The van der Waals surface area contributed by atoms with Gasteiger partial charge >= 0.3 is 16.2 Å². The van der Waals surface area contributed by atoms with E-state index in [4.69, 9.17) is 9.84 Å². The largest absolute Gasteiger partial charge is 0.478 e. The molecule has 0 spiro atoms. The third-order valence-electron chi connectivity index (χ3n) is 4.08. The Balaban J connectivity index is 1.98. The van der Waals surface area contributed by atoms with Crippen LogP contribution in [0.2, 0.25) is 0 Å². The van der Waals surface area contributed by atoms with Crippen LogP contribution in [0.4, 0.5) is 5.69 Å². The first-order chi connectivity index (χ1) is 11.9. The molecule has 9 heteroatoms. The summed E-state index contributed by atoms with van der Waals surface area (Å²) in [5.41, 5.74) is 1.61. The predicted octanol–water partition coefficient (Wildman–Crippen LogP) is 1.21. The van der Waals surface area contributed by atoms with Crippen molar-refractivity contribution >= 4 is 21.9 Å². The molecule has 132 valence electrons. The van der Waals surface area contributed by atoms with E-state index in [2.05, 4.69) is 18.1 Å². The number of fused-ring (bicyclic) bond motifs is 1. The maximum absolute atomic E-state index is 13.1. The molecule has 0 radical (unpaired) electrons. The zero-order valence-electron chi connectivity index (χ0n) is 13.4. The third-order valence-corrected chi connectivity index (χ3v) is 5.93. The molecule has 2 aliphatic heterocycles. The van der Waals surface area contributed by atoms with Crippen molar-refractivity contribution in [1.82, 2.24) is 9.29 Å². The Bertz CT molecular complexity index is 871. The van der Waals surface area contributed by atoms with Gasteiger partial charge < -0.3 is 9.84 Å². The average Bonchev–Trinajstić information content (AvgIpc) is 3.04. The van der Waals surface area contributed by atoms with Crippen molar-refractivity contribution in [2.24, 2.45) is 0 Å². The number of aromatic carboxylic acids is 1. The van der Waals surface area contributed by atoms with Crippen LogP contribution in [0.1, 0.15) is 10.4 Å². The lowest BCUT2D eigenvalue weighted by Crippen LogP contribution is -2.46. The standard InChI is InChI=1S/C16H17N3O5S/c1-3-11-9-18(10-12(11)4-2)25(22,23)19-5-6-24-15-14(19)7-13(8-17-15)16(20)21/h3-4,7-8H,1-2,5-6,9-10H2,(H,20,21). The van der Waals surface area contributed by atoms with E-state index < -0.39 is 16.2 Å². The van der Waals surface area contributed by atoms with Gasteiger partial charge in [-0.2, -0.15) is 12.7 Å². The molecule has 0 amide bonds. The van der Waals surface area contributed by atoms with Gasteiger partial charge in [0.2, 0.25) is 5.88 Å². The fourth-order valence-electron chi connectivity index (χ4n) is 2.77. The Morgan fingerprint density at radius 3 is 2.48 bits per heavy atom. The molecule has 0 saturated carbocycles. The van der Waals surface area contributed by atoms with Gasteiger partial charge in [-0.15, -0.1) is 0 Å². The van der Waals surface area contributed by atoms with E-state index >= 15 is 0 Å². The number of hydrogen-bond donors (Lipinski definition) is 1. The first-order valence-electron chi connectivity index (χ1n) is 7.49. The van der Waals surface area contributed by atoms with Gasteiger partial charge in [0.25, 0.3) is 0 Å². The van der Waals surface area contributed by atoms with E-state index in [0.29, 0.717) is 0 Å². The second-order valence-electron chi connectivity index (χ2n) is 5.51. The maximum atomic E-state index is 13.1. The van der Waals surface area contributed by atoms with Gasteiger partial charge in [0, 0.05) is 19.3 Å². The summed E-state index contributed by atoms with van der Waals surface area (Å²) in [6.07, 6.45) is 4.37. The van der Waals surface area contributed by atoms with Crippen molar-refractivity contribution in [1.29, 1.82) is 0 Å². The third kappa shape index (κ3) is 2.92. The summed E-state index contributed by atoms with van der Waals surface area (Å²) in [6, 6.07) is 1.26. The molecule has 0 unspecified atom stereocenters. The van der Waals surface area contributed by atoms with Crippen molar-refractivity contribution in [3.8, 4) is 5.88 Å². The van der Waals surface area contributed by atoms with Crippen molar-refractivity contribution in [2.45, 2.75) is 0 Å². The number of carbonyl (C=O) groups is 1. The second-order valence-corrected chi connectivity index (χ2v) is 7.36. The minimum Gasteiger partial charge on any atom is -0.478 e. The molecule has 1 aromatic heterocycles. The highest BCUT2D eigenvalue weighted by Gasteiger charge is 2.37. The summed E-state index contributed by atoms with van der Waals surface area (Å²) in [7, 11) is -3.89. The number of hydrogen-bond acceptors (Lipinski definition) is 5. The van der Waals surface area contributed by atoms with Crippen molar-refractivity contribution in [3.63, 3.8) is 0 Å². The summed E-state index contributed by atoms with van der Waals surface area (Å²) in [5.74, 6) is -1.09. The average molecular weight is 363 g/mol. The molecule has 0 bridgehead atoms. The molecule has 0 aromatic carbocycles. The SMILES string of the molecule is C=CC1=C(C=C)CN(S(=O)(=O)N2CCOc3ncc(C(=O)O)cc32)C1. The van der Waals surface area contributed by atoms with Gasteiger partial charge in [0.1, 0.15) is 12.3 Å². The number of nitrogens with zero attached hydrogens (tertiary/aromatic N) is 3. The number of carboxylic acids is 1. The predicted molar refractivity (Wildman–Crippen MR) is 92.0 cm³/mol. The lowest BCUT2D eigenvalue weighted by Gasteiger charge is -2.32. The molecule has 0 atom stereocenters. The topological polar surface area (TPSA) is 100 Å². The number of pyridine rings is 1. The summed E-state index contributed by atoms with van der Waals surface area (Å²) >= 11 is 0. The van der Waals surface area contributed by atoms with Crippen LogP contribution in [0, 0.1) is 0 Å². The quantitative estimate of drug-likeness (QED) is 0.844. The van der Waals surface area contributed by atoms with E-state index in [9.17, 15) is 13.2 Å². The Kier molecular flexibility index (Phi) is 4.36. The van der Waals surface area contributed by atoms with E-state index in [0.717, 1.165) is 21.6 Å². The zero-order valence-corrected chi connectivity index (χ0v) is 14.2. The van der Waals surface area contributed by atoms with Crippen LogP contribution in [0.5, 0.6) is 5.88 Å². The van der Waals surface area contributed by atoms with E-state index in [1.54, 1.807) is 12.2 Å². The maximum Gasteiger partial charge on any atom is 0.337 e. The number of carboxylic acid groups (broad SMARTS) is 1. The number of aromatic nitrogens is 1. The van der Waals surface area contributed by atoms with Crippen LogP contribution in [0.3, 0.4) is 0 Å². The van der Waals surface area contributed by atoms with Gasteiger partial charge in [0.15, 0.2) is 0 Å². The lowest BCUT2D eigenvalue weighted by molar-refractivity contribution is 0.0696. The van der Waals surface area contributed by atoms with Gasteiger partial charge in [-0.25, -0.2) is 14.1 Å². The highest BCUT2D eigenvalue weighted by atomic mass is 32.2. The lowest BCUT2D eigenvalue weighted by atomic mass is 10.1. The van der Waals surface area contributed by atoms with Crippen LogP contribution in [0.25, 0.3) is 0 Å². The number of ether oxygens (including phenoxy) is 1. The summed E-state index contributed by atoms with van der Waals surface area (Å²) < 4.78 is 34.0. The fraction of sp³-hybridized carbons (Fsp3) is 0.250. The van der Waals surface area contributed by atoms with Crippen LogP contribution in [0.15, 0.2) is 48.7 Å². The molecule has 2 aliphatic rings. The minimum atomic E-state index is -3.89. The monoisotopic (exact) mass is 363 g/mol. The van der Waals surface area contributed by atoms with Crippen LogP contribution < -0.4 is 9.04 Å². The fourth-order valence-corrected chi connectivity index (χ4v) is 4.33. The van der Waals surface area contributed by atoms with Crippen LogP contribution in [-0.4, -0.2) is 55.0 Å². The molecule has 8 nitrogen and oxygen atoms in total. The molecule has 0 aliphatic carbocycles. The van der Waals surface area contributed by atoms with Crippen molar-refractivity contribution in [3.05, 3.63) is 54.3 Å². The van der Waals surface area contributed by atoms with Crippen molar-refractivity contribution < 1.29 is 23.1 Å². The van der Waals surface area contributed by atoms with Gasteiger partial charge in [-0.05, 0) is 17.2 Å². The molecular formula is C16H17N3O5S. The Labute approximate surface area is 145 Å². The summed E-state index contributed by atoms with van der Waals surface area (Å²) in [6.45, 7) is 7.98. The number of anilines is 1. The van der Waals surface area contributed by atoms with Gasteiger partial charge in [0.05, 0.1) is 12.1 Å². The summed E-state index contributed by atoms with van der Waals surface area (Å²) in [4.78, 5) is 15.1. The normalized spacial score (nSPS) is 17.8. The van der Waals surface area contributed by atoms with Crippen LogP contribution in [-0.2, 0) is 10.2 Å². The smallest absolute Gasteiger partial charge is 0.337 e. The molecule has 3 rings (SSSR count). The van der Waals surface area contributed by atoms with Crippen molar-refractivity contribution in [2.75, 3.05) is 30.5 Å². The highest BCUT2D eigenvalue weighted by Crippen LogP contribution is 2.34. The summed E-state index contributed by atoms with van der Waals surface area (Å²) in [5, 5.41) is 9.13. The minimum absolute atomic E-state index is 0.0728. The molecule has 25 heavy (non-hydrogen) atoms. The zero-order chi connectivity index (χ0) is 18.2. The molecule has 0 fully saturated rings. The highest BCUT2D eigenvalue weighted by molar-refractivity contribution is 7.90. The first-order valence-corrected chi connectivity index (χ1v) is 8.89. The Hall–Kier alpha value is -2.65. The molecule has 3 heterocycles. The first kappa shape index (κ1) is 17.2. The Morgan fingerprint density at radius 2 is 1.92 bits per heavy atom. The van der Waals surface area contributed by atoms with Gasteiger partial charge in [-0.3, -0.25) is 0 Å². The molecule has 0 saturated heterocycles. The van der Waals surface area contributed by atoms with Crippen LogP contribution >= 0.6 is 0 Å². The number of rotatable bonds is 5. The van der Waals surface area contributed by atoms with E-state index in [1.165, 1.54) is 10.4 Å².